The first-order valence-electron chi connectivity index (χ1n) is 15.0. The highest BCUT2D eigenvalue weighted by Gasteiger charge is 2.23. The molecular weight excluding hydrogens is 585 g/mol. The number of ether oxygens (including phenoxy) is 2. The highest BCUT2D eigenvalue weighted by atomic mass is 19.1. The zero-order valence-electron chi connectivity index (χ0n) is 26.0. The Kier molecular flexibility index (Phi) is 8.27. The van der Waals surface area contributed by atoms with Gasteiger partial charge in [0.2, 0.25) is 0 Å². The number of aryl methyl sites for hydroxylation is 1. The molecule has 0 bridgehead atoms. The second-order valence-electron chi connectivity index (χ2n) is 12.2. The Morgan fingerprint density at radius 1 is 1.02 bits per heavy atom. The Balaban J connectivity index is 1.25. The number of fused-ring (bicyclic) bond motifs is 2. The third kappa shape index (κ3) is 6.61. The molecule has 46 heavy (non-hydrogen) atoms. The molecule has 0 aliphatic rings. The van der Waals surface area contributed by atoms with E-state index in [1.165, 1.54) is 12.3 Å². The molecule has 0 radical (unpaired) electrons. The summed E-state index contributed by atoms with van der Waals surface area (Å²) in [6, 6.07) is 19.7. The van der Waals surface area contributed by atoms with Crippen LogP contribution in [0.1, 0.15) is 42.4 Å². The lowest BCUT2D eigenvalue weighted by atomic mass is 9.99. The van der Waals surface area contributed by atoms with Gasteiger partial charge in [0, 0.05) is 46.2 Å². The summed E-state index contributed by atoms with van der Waals surface area (Å²) in [4.78, 5) is 38.4. The van der Waals surface area contributed by atoms with Crippen LogP contribution in [0.15, 0.2) is 91.5 Å². The van der Waals surface area contributed by atoms with Gasteiger partial charge >= 0.3 is 12.1 Å². The number of H-pyrrole nitrogens is 1. The highest BCUT2D eigenvalue weighted by molar-refractivity contribution is 5.89. The van der Waals surface area contributed by atoms with E-state index >= 15 is 0 Å². The van der Waals surface area contributed by atoms with Crippen molar-refractivity contribution in [2.75, 3.05) is 6.61 Å². The molecule has 2 aromatic carbocycles. The summed E-state index contributed by atoms with van der Waals surface area (Å²) in [5, 5.41) is 3.89. The van der Waals surface area contributed by atoms with E-state index in [1.54, 1.807) is 56.6 Å². The van der Waals surface area contributed by atoms with Gasteiger partial charge in [0.05, 0.1) is 17.9 Å². The number of rotatable bonds is 8. The van der Waals surface area contributed by atoms with E-state index in [4.69, 9.17) is 9.47 Å². The van der Waals surface area contributed by atoms with Crippen molar-refractivity contribution in [1.82, 2.24) is 24.7 Å². The van der Waals surface area contributed by atoms with Crippen molar-refractivity contribution in [3.8, 4) is 22.4 Å². The van der Waals surface area contributed by atoms with Crippen LogP contribution in [0, 0.1) is 12.7 Å². The maximum Gasteiger partial charge on any atom is 0.408 e. The summed E-state index contributed by atoms with van der Waals surface area (Å²) < 4.78 is 26.9. The third-order valence-corrected chi connectivity index (χ3v) is 7.54. The van der Waals surface area contributed by atoms with Gasteiger partial charge in [-0.25, -0.2) is 19.0 Å². The van der Waals surface area contributed by atoms with Gasteiger partial charge < -0.3 is 19.8 Å². The van der Waals surface area contributed by atoms with Crippen LogP contribution < -0.4 is 5.32 Å². The molecule has 0 saturated carbocycles. The van der Waals surface area contributed by atoms with E-state index in [0.29, 0.717) is 23.3 Å². The topological polar surface area (TPSA) is 111 Å². The molecule has 0 unspecified atom stereocenters. The predicted molar refractivity (Wildman–Crippen MR) is 174 cm³/mol. The fourth-order valence-corrected chi connectivity index (χ4v) is 5.39. The summed E-state index contributed by atoms with van der Waals surface area (Å²) in [6.07, 6.45) is 6.65. The largest absolute Gasteiger partial charge is 0.459 e. The van der Waals surface area contributed by atoms with E-state index in [1.807, 2.05) is 54.7 Å². The number of carbonyl (C=O) groups is 2. The van der Waals surface area contributed by atoms with Gasteiger partial charge in [-0.2, -0.15) is 0 Å². The number of nitrogens with zero attached hydrogens (tertiary/aromatic N) is 3. The van der Waals surface area contributed by atoms with Gasteiger partial charge in [0.15, 0.2) is 5.69 Å². The van der Waals surface area contributed by atoms with Crippen molar-refractivity contribution in [2.24, 2.45) is 0 Å². The summed E-state index contributed by atoms with van der Waals surface area (Å²) in [7, 11) is 0. The number of imidazole rings is 1. The summed E-state index contributed by atoms with van der Waals surface area (Å²) in [5.41, 5.74) is 5.61. The van der Waals surface area contributed by atoms with Crippen LogP contribution in [0.25, 0.3) is 38.9 Å². The number of hydrogen-bond acceptors (Lipinski definition) is 6. The zero-order chi connectivity index (χ0) is 32.4. The van der Waals surface area contributed by atoms with Crippen molar-refractivity contribution in [2.45, 2.75) is 45.8 Å². The van der Waals surface area contributed by atoms with Crippen LogP contribution >= 0.6 is 0 Å². The number of esters is 1. The summed E-state index contributed by atoms with van der Waals surface area (Å²) in [5.74, 6) is -0.880. The van der Waals surface area contributed by atoms with Gasteiger partial charge in [0.1, 0.15) is 23.7 Å². The minimum absolute atomic E-state index is 0.0961. The number of carbonyl (C=O) groups excluding carboxylic acids is 2. The maximum atomic E-state index is 14.0. The first-order chi connectivity index (χ1) is 22.1. The van der Waals surface area contributed by atoms with Crippen LogP contribution in [0.4, 0.5) is 9.18 Å². The standard InChI is InChI=1S/C36H34FN5O4/c1-22-16-23(11-13-29(22)37)33-28(9-7-15-38-33)24-12-14-32-40-19-31(42(32)20-24)34(43)45-21-26(41-35(44)46-36(2,3)4)17-25-18-39-30-10-6-5-8-27(25)30/h5-16,18-20,26,39H,17,21H2,1-4H3,(H,41,44)/t26-/m1/s1. The van der Waals surface area contributed by atoms with Crippen molar-refractivity contribution >= 4 is 28.6 Å². The molecule has 0 aliphatic carbocycles. The normalized spacial score (nSPS) is 12.3. The Morgan fingerprint density at radius 3 is 2.63 bits per heavy atom. The lowest BCUT2D eigenvalue weighted by Gasteiger charge is -2.23. The molecule has 1 atom stereocenters. The Morgan fingerprint density at radius 2 is 1.83 bits per heavy atom. The lowest BCUT2D eigenvalue weighted by Crippen LogP contribution is -2.43. The first kappa shape index (κ1) is 30.5. The Labute approximate surface area is 265 Å². The van der Waals surface area contributed by atoms with Gasteiger partial charge in [-0.1, -0.05) is 24.3 Å². The lowest BCUT2D eigenvalue weighted by molar-refractivity contribution is 0.0365. The summed E-state index contributed by atoms with van der Waals surface area (Å²) >= 11 is 0. The molecule has 6 rings (SSSR count). The fourth-order valence-electron chi connectivity index (χ4n) is 5.39. The van der Waals surface area contributed by atoms with E-state index in [9.17, 15) is 14.0 Å². The molecular formula is C36H34FN5O4. The quantitative estimate of drug-likeness (QED) is 0.173. The number of hydrogen-bond donors (Lipinski definition) is 2. The van der Waals surface area contributed by atoms with Gasteiger partial charge in [-0.05, 0) is 87.7 Å². The van der Waals surface area contributed by atoms with E-state index < -0.39 is 23.7 Å². The van der Waals surface area contributed by atoms with Crippen LogP contribution in [0.5, 0.6) is 0 Å². The van der Waals surface area contributed by atoms with Crippen molar-refractivity contribution in [3.05, 3.63) is 114 Å². The molecule has 0 fully saturated rings. The van der Waals surface area contributed by atoms with Crippen LogP contribution in [-0.2, 0) is 15.9 Å². The molecule has 2 N–H and O–H groups in total. The number of alkyl carbamates (subject to hydrolysis) is 1. The molecule has 6 aromatic rings. The van der Waals surface area contributed by atoms with E-state index in [2.05, 4.69) is 20.3 Å². The van der Waals surface area contributed by atoms with Crippen LogP contribution in [-0.4, -0.2) is 49.7 Å². The molecule has 234 valence electrons. The average molecular weight is 620 g/mol. The van der Waals surface area contributed by atoms with Gasteiger partial charge in [0.25, 0.3) is 0 Å². The minimum atomic E-state index is -0.690. The van der Waals surface area contributed by atoms with E-state index in [0.717, 1.165) is 33.2 Å². The smallest absolute Gasteiger partial charge is 0.408 e. The monoisotopic (exact) mass is 619 g/mol. The SMILES string of the molecule is Cc1cc(-c2ncccc2-c2ccc3ncc(C(=O)OC[C@@H](Cc4c[nH]c5ccccc45)NC(=O)OC(C)(C)C)n3c2)ccc1F. The molecule has 0 spiro atoms. The summed E-state index contributed by atoms with van der Waals surface area (Å²) in [6.45, 7) is 6.98. The van der Waals surface area contributed by atoms with Gasteiger partial charge in [-0.15, -0.1) is 0 Å². The van der Waals surface area contributed by atoms with E-state index in [-0.39, 0.29) is 18.1 Å². The number of pyridine rings is 2. The van der Waals surface area contributed by atoms with Crippen LogP contribution in [0.3, 0.4) is 0 Å². The third-order valence-electron chi connectivity index (χ3n) is 7.54. The number of nitrogens with one attached hydrogen (secondary N) is 2. The molecule has 4 heterocycles. The minimum Gasteiger partial charge on any atom is -0.459 e. The van der Waals surface area contributed by atoms with Crippen LogP contribution in [0.2, 0.25) is 0 Å². The van der Waals surface area contributed by atoms with Crippen molar-refractivity contribution < 1.29 is 23.5 Å². The Hall–Kier alpha value is -5.51. The maximum absolute atomic E-state index is 14.0. The van der Waals surface area contributed by atoms with Crippen molar-refractivity contribution in [3.63, 3.8) is 0 Å². The fraction of sp³-hybridized carbons (Fsp3) is 0.222. The molecule has 9 nitrogen and oxygen atoms in total. The highest BCUT2D eigenvalue weighted by Crippen LogP contribution is 2.31. The average Bonchev–Trinajstić information content (AvgIpc) is 3.64. The molecule has 4 aromatic heterocycles. The second kappa shape index (κ2) is 12.5. The molecule has 0 saturated heterocycles. The molecule has 1 amide bonds. The first-order valence-corrected chi connectivity index (χ1v) is 15.0. The van der Waals surface area contributed by atoms with Crippen molar-refractivity contribution in [1.29, 1.82) is 0 Å². The number of aromatic nitrogens is 4. The predicted octanol–water partition coefficient (Wildman–Crippen LogP) is 7.28. The number of para-hydroxylation sites is 1. The molecule has 10 heteroatoms. The Bertz CT molecular complexity index is 2060. The molecule has 0 aliphatic heterocycles. The second-order valence-corrected chi connectivity index (χ2v) is 12.2. The zero-order valence-corrected chi connectivity index (χ0v) is 26.0. The number of aromatic amines is 1. The number of benzene rings is 2. The number of halogens is 1. The van der Waals surface area contributed by atoms with Gasteiger partial charge in [-0.3, -0.25) is 9.38 Å². The number of amides is 1.